The van der Waals surface area contributed by atoms with Gasteiger partial charge in [-0.1, -0.05) is 43.3 Å². The lowest BCUT2D eigenvalue weighted by molar-refractivity contribution is -0.132. The molecule has 1 nitrogen and oxygen atoms in total. The van der Waals surface area contributed by atoms with Crippen molar-refractivity contribution in [3.05, 3.63) is 76.6 Å². The van der Waals surface area contributed by atoms with E-state index < -0.39 is 22.8 Å². The lowest BCUT2D eigenvalue weighted by Gasteiger charge is -2.43. The predicted molar refractivity (Wildman–Crippen MR) is 125 cm³/mol. The highest BCUT2D eigenvalue weighted by Gasteiger charge is 2.48. The van der Waals surface area contributed by atoms with Crippen LogP contribution < -0.4 is 0 Å². The van der Waals surface area contributed by atoms with E-state index in [0.717, 1.165) is 39.8 Å². The Hall–Kier alpha value is -2.55. The molecule has 1 unspecified atom stereocenters. The van der Waals surface area contributed by atoms with Gasteiger partial charge in [0.1, 0.15) is 12.0 Å². The second kappa shape index (κ2) is 7.85. The van der Waals surface area contributed by atoms with Crippen LogP contribution in [0, 0.1) is 16.6 Å². The number of ketones is 1. The standard InChI is InChI=1S/C28H32F2O/c1-9-19-10-11-21(22-13-12-20(18(4)29)15-24(22)30)14-23(19)25-16(2)27(5,6)26(31)28(7,8)17(25)3/h10-15,18H,2,9H2,1,3-8H3. The van der Waals surface area contributed by atoms with Crippen LogP contribution in [0.15, 0.2) is 54.1 Å². The highest BCUT2D eigenvalue weighted by atomic mass is 19.1. The average molecular weight is 423 g/mol. The summed E-state index contributed by atoms with van der Waals surface area (Å²) in [6.07, 6.45) is -0.420. The summed E-state index contributed by atoms with van der Waals surface area (Å²) < 4.78 is 28.5. The first-order valence-electron chi connectivity index (χ1n) is 10.9. The number of rotatable bonds is 4. The molecule has 0 bridgehead atoms. The van der Waals surface area contributed by atoms with E-state index in [0.29, 0.717) is 11.1 Å². The first-order valence-corrected chi connectivity index (χ1v) is 10.9. The fraction of sp³-hybridized carbons (Fsp3) is 0.393. The molecule has 0 radical (unpaired) electrons. The molecule has 1 aliphatic rings. The van der Waals surface area contributed by atoms with Crippen LogP contribution in [0.5, 0.6) is 0 Å². The first kappa shape index (κ1) is 23.1. The maximum atomic E-state index is 14.9. The lowest BCUT2D eigenvalue weighted by atomic mass is 9.58. The summed E-state index contributed by atoms with van der Waals surface area (Å²) in [5, 5.41) is 0. The van der Waals surface area contributed by atoms with E-state index in [-0.39, 0.29) is 5.78 Å². The number of aryl methyl sites for hydroxylation is 1. The molecule has 2 aromatic rings. The van der Waals surface area contributed by atoms with Crippen molar-refractivity contribution in [2.45, 2.75) is 61.1 Å². The van der Waals surface area contributed by atoms with Crippen molar-refractivity contribution in [2.24, 2.45) is 10.8 Å². The summed E-state index contributed by atoms with van der Waals surface area (Å²) in [7, 11) is 0. The van der Waals surface area contributed by atoms with Gasteiger partial charge in [-0.15, -0.1) is 0 Å². The van der Waals surface area contributed by atoms with E-state index in [1.54, 1.807) is 12.1 Å². The summed E-state index contributed by atoms with van der Waals surface area (Å²) >= 11 is 0. The molecule has 0 amide bonds. The normalized spacial score (nSPS) is 19.0. The van der Waals surface area contributed by atoms with Gasteiger partial charge in [-0.25, -0.2) is 8.78 Å². The van der Waals surface area contributed by atoms with Crippen molar-refractivity contribution >= 4 is 11.4 Å². The van der Waals surface area contributed by atoms with E-state index in [4.69, 9.17) is 0 Å². The summed E-state index contributed by atoms with van der Waals surface area (Å²) in [4.78, 5) is 13.2. The van der Waals surface area contributed by atoms with Gasteiger partial charge in [0, 0.05) is 16.4 Å². The summed E-state index contributed by atoms with van der Waals surface area (Å²) in [6, 6.07) is 10.4. The van der Waals surface area contributed by atoms with E-state index in [2.05, 4.69) is 13.5 Å². The number of allylic oxidation sites excluding steroid dienone is 3. The Morgan fingerprint density at radius 3 is 2.19 bits per heavy atom. The van der Waals surface area contributed by atoms with Gasteiger partial charge in [-0.2, -0.15) is 0 Å². The van der Waals surface area contributed by atoms with Gasteiger partial charge in [-0.05, 0) is 93.5 Å². The molecule has 0 aromatic heterocycles. The molecule has 164 valence electrons. The minimum Gasteiger partial charge on any atom is -0.298 e. The molecule has 0 fully saturated rings. The Morgan fingerprint density at radius 1 is 1.00 bits per heavy atom. The smallest absolute Gasteiger partial charge is 0.152 e. The average Bonchev–Trinajstić information content (AvgIpc) is 2.72. The van der Waals surface area contributed by atoms with Crippen molar-refractivity contribution in [1.82, 2.24) is 0 Å². The molecule has 0 saturated heterocycles. The molecule has 0 spiro atoms. The van der Waals surface area contributed by atoms with Crippen molar-refractivity contribution < 1.29 is 13.6 Å². The summed E-state index contributed by atoms with van der Waals surface area (Å²) in [5.41, 5.74) is 5.04. The fourth-order valence-corrected chi connectivity index (χ4v) is 4.60. The van der Waals surface area contributed by atoms with Gasteiger partial charge in [0.2, 0.25) is 0 Å². The number of Topliss-reactive ketones (excluding diaryl/α,β-unsaturated/α-hetero) is 1. The monoisotopic (exact) mass is 422 g/mol. The quantitative estimate of drug-likeness (QED) is 0.487. The molecule has 1 aliphatic carbocycles. The molecule has 31 heavy (non-hydrogen) atoms. The van der Waals surface area contributed by atoms with Crippen molar-refractivity contribution in [2.75, 3.05) is 0 Å². The van der Waals surface area contributed by atoms with Gasteiger partial charge in [-0.3, -0.25) is 4.79 Å². The maximum absolute atomic E-state index is 14.9. The van der Waals surface area contributed by atoms with E-state index in [1.807, 2.05) is 52.8 Å². The Labute approximate surface area is 184 Å². The van der Waals surface area contributed by atoms with Crippen LogP contribution in [-0.2, 0) is 11.2 Å². The largest absolute Gasteiger partial charge is 0.298 e. The van der Waals surface area contributed by atoms with E-state index >= 15 is 0 Å². The van der Waals surface area contributed by atoms with Gasteiger partial charge < -0.3 is 0 Å². The fourth-order valence-electron chi connectivity index (χ4n) is 4.60. The lowest BCUT2D eigenvalue weighted by Crippen LogP contribution is -2.43. The molecule has 1 atom stereocenters. The van der Waals surface area contributed by atoms with Crippen molar-refractivity contribution in [1.29, 1.82) is 0 Å². The van der Waals surface area contributed by atoms with Crippen LogP contribution in [0.1, 0.15) is 71.3 Å². The molecule has 0 heterocycles. The van der Waals surface area contributed by atoms with Crippen molar-refractivity contribution in [3.63, 3.8) is 0 Å². The Balaban J connectivity index is 2.26. The molecular weight excluding hydrogens is 390 g/mol. The molecule has 0 aliphatic heterocycles. The highest BCUT2D eigenvalue weighted by Crippen LogP contribution is 2.52. The Kier molecular flexibility index (Phi) is 5.86. The summed E-state index contributed by atoms with van der Waals surface area (Å²) in [6.45, 7) is 17.6. The number of hydrogen-bond acceptors (Lipinski definition) is 1. The molecule has 2 aromatic carbocycles. The van der Waals surface area contributed by atoms with E-state index in [1.165, 1.54) is 13.0 Å². The molecule has 0 N–H and O–H groups in total. The molecule has 3 rings (SSSR count). The SMILES string of the molecule is C=C1C(c2cc(-c3ccc(C(C)F)cc3F)ccc2CC)=C(C)C(C)(C)C(=O)C1(C)C. The van der Waals surface area contributed by atoms with Gasteiger partial charge >= 0.3 is 0 Å². The third-order valence-electron chi connectivity index (χ3n) is 7.03. The topological polar surface area (TPSA) is 17.1 Å². The maximum Gasteiger partial charge on any atom is 0.152 e. The van der Waals surface area contributed by atoms with Gasteiger partial charge in [0.05, 0.1) is 0 Å². The molecule has 0 saturated carbocycles. The number of benzene rings is 2. The second-order valence-corrected chi connectivity index (χ2v) is 9.64. The van der Waals surface area contributed by atoms with Crippen LogP contribution in [0.2, 0.25) is 0 Å². The van der Waals surface area contributed by atoms with Crippen molar-refractivity contribution in [3.8, 4) is 11.1 Å². The van der Waals surface area contributed by atoms with Gasteiger partial charge in [0.15, 0.2) is 5.78 Å². The number of alkyl halides is 1. The predicted octanol–water partition coefficient (Wildman–Crippen LogP) is 8.05. The van der Waals surface area contributed by atoms with Crippen LogP contribution in [0.3, 0.4) is 0 Å². The Bertz CT molecular complexity index is 1100. The van der Waals surface area contributed by atoms with Crippen LogP contribution in [0.25, 0.3) is 16.7 Å². The number of carbonyl (C=O) groups excluding carboxylic acids is 1. The minimum absolute atomic E-state index is 0.155. The van der Waals surface area contributed by atoms with Gasteiger partial charge in [0.25, 0.3) is 0 Å². The van der Waals surface area contributed by atoms with Crippen LogP contribution >= 0.6 is 0 Å². The highest BCUT2D eigenvalue weighted by molar-refractivity contribution is 6.05. The van der Waals surface area contributed by atoms with E-state index in [9.17, 15) is 13.6 Å². The zero-order chi connectivity index (χ0) is 23.3. The summed E-state index contributed by atoms with van der Waals surface area (Å²) in [5.74, 6) is -0.288. The number of carbonyl (C=O) groups is 1. The first-order chi connectivity index (χ1) is 14.3. The number of hydrogen-bond donors (Lipinski definition) is 0. The Morgan fingerprint density at radius 2 is 1.65 bits per heavy atom. The zero-order valence-corrected chi connectivity index (χ0v) is 19.6. The number of halogens is 2. The zero-order valence-electron chi connectivity index (χ0n) is 19.6. The molecule has 3 heteroatoms. The molecular formula is C28H32F2O. The third kappa shape index (κ3) is 3.69. The van der Waals surface area contributed by atoms with Crippen LogP contribution in [-0.4, -0.2) is 5.78 Å². The minimum atomic E-state index is -1.22. The van der Waals surface area contributed by atoms with Crippen LogP contribution in [0.4, 0.5) is 8.78 Å². The third-order valence-corrected chi connectivity index (χ3v) is 7.03. The second-order valence-electron chi connectivity index (χ2n) is 9.64.